The Morgan fingerprint density at radius 3 is 2.09 bits per heavy atom. The first-order valence-electron chi connectivity index (χ1n) is 8.91. The molecule has 1 rings (SSSR count). The highest BCUT2D eigenvalue weighted by molar-refractivity contribution is 5.28. The van der Waals surface area contributed by atoms with Crippen LogP contribution in [0.1, 0.15) is 70.3 Å². The standard InChI is InChI=1S/C21H32O/c1-2-3-4-5-6-7-8-9-10-11-12-13-14-16-20-17-15-18-21(22)19-20/h3-4,13-15,17-19,22H,2,5-12,16H2,1H3/b4-3+,14-13+. The van der Waals surface area contributed by atoms with E-state index >= 15 is 0 Å². The molecule has 0 aliphatic heterocycles. The summed E-state index contributed by atoms with van der Waals surface area (Å²) in [5, 5.41) is 9.39. The van der Waals surface area contributed by atoms with Crippen molar-refractivity contribution in [3.05, 3.63) is 54.1 Å². The van der Waals surface area contributed by atoms with Gasteiger partial charge in [0.05, 0.1) is 0 Å². The fraction of sp³-hybridized carbons (Fsp3) is 0.524. The number of hydrogen-bond donors (Lipinski definition) is 1. The van der Waals surface area contributed by atoms with Crippen molar-refractivity contribution in [3.8, 4) is 5.75 Å². The lowest BCUT2D eigenvalue weighted by Gasteiger charge is -2.00. The zero-order valence-corrected chi connectivity index (χ0v) is 14.1. The van der Waals surface area contributed by atoms with Crippen molar-refractivity contribution in [1.29, 1.82) is 0 Å². The summed E-state index contributed by atoms with van der Waals surface area (Å²) in [7, 11) is 0. The third-order valence-corrected chi connectivity index (χ3v) is 3.82. The maximum Gasteiger partial charge on any atom is 0.115 e. The van der Waals surface area contributed by atoms with Crippen molar-refractivity contribution in [2.75, 3.05) is 0 Å². The van der Waals surface area contributed by atoms with Gasteiger partial charge in [-0.15, -0.1) is 0 Å². The smallest absolute Gasteiger partial charge is 0.115 e. The van der Waals surface area contributed by atoms with Crippen LogP contribution in [0.2, 0.25) is 0 Å². The molecule has 122 valence electrons. The van der Waals surface area contributed by atoms with Crippen molar-refractivity contribution in [3.63, 3.8) is 0 Å². The number of allylic oxidation sites excluding steroid dienone is 4. The van der Waals surface area contributed by atoms with Crippen LogP contribution in [0.25, 0.3) is 0 Å². The van der Waals surface area contributed by atoms with E-state index in [1.807, 2.05) is 12.1 Å². The van der Waals surface area contributed by atoms with Crippen LogP contribution in [0.15, 0.2) is 48.6 Å². The Bertz CT molecular complexity index is 431. The Hall–Kier alpha value is -1.50. The SMILES string of the molecule is CC/C=C/CCCCCCCC/C=C/Cc1cccc(O)c1. The van der Waals surface area contributed by atoms with Crippen molar-refractivity contribution >= 4 is 0 Å². The highest BCUT2D eigenvalue weighted by Gasteiger charge is 1.92. The average molecular weight is 300 g/mol. The molecule has 1 aromatic rings. The number of phenols is 1. The second kappa shape index (κ2) is 13.2. The van der Waals surface area contributed by atoms with Gasteiger partial charge >= 0.3 is 0 Å². The molecule has 0 spiro atoms. The largest absolute Gasteiger partial charge is 0.508 e. The lowest BCUT2D eigenvalue weighted by atomic mass is 10.1. The van der Waals surface area contributed by atoms with Gasteiger partial charge in [-0.2, -0.15) is 0 Å². The normalized spacial score (nSPS) is 11.7. The average Bonchev–Trinajstić information content (AvgIpc) is 2.52. The first-order chi connectivity index (χ1) is 10.8. The topological polar surface area (TPSA) is 20.2 Å². The van der Waals surface area contributed by atoms with Gasteiger partial charge in [0.1, 0.15) is 5.75 Å². The molecule has 0 aromatic heterocycles. The summed E-state index contributed by atoms with van der Waals surface area (Å²) in [6.45, 7) is 2.19. The van der Waals surface area contributed by atoms with Crippen LogP contribution < -0.4 is 0 Å². The number of hydrogen-bond acceptors (Lipinski definition) is 1. The summed E-state index contributed by atoms with van der Waals surface area (Å²) in [6, 6.07) is 7.50. The minimum Gasteiger partial charge on any atom is -0.508 e. The molecule has 0 aliphatic carbocycles. The van der Waals surface area contributed by atoms with E-state index in [9.17, 15) is 5.11 Å². The van der Waals surface area contributed by atoms with Gasteiger partial charge in [-0.3, -0.25) is 0 Å². The van der Waals surface area contributed by atoms with E-state index in [1.165, 1.54) is 63.4 Å². The Kier molecular flexibility index (Phi) is 11.1. The summed E-state index contributed by atoms with van der Waals surface area (Å²) in [4.78, 5) is 0. The summed E-state index contributed by atoms with van der Waals surface area (Å²) in [6.07, 6.45) is 21.7. The maximum atomic E-state index is 9.39. The minimum atomic E-state index is 0.357. The Balaban J connectivity index is 1.91. The van der Waals surface area contributed by atoms with Crippen LogP contribution in [-0.4, -0.2) is 5.11 Å². The van der Waals surface area contributed by atoms with E-state index in [0.29, 0.717) is 5.75 Å². The monoisotopic (exact) mass is 300 g/mol. The molecular weight excluding hydrogens is 268 g/mol. The van der Waals surface area contributed by atoms with Gasteiger partial charge in [-0.1, -0.05) is 69.0 Å². The van der Waals surface area contributed by atoms with Crippen LogP contribution in [0.3, 0.4) is 0 Å². The van der Waals surface area contributed by atoms with Crippen molar-refractivity contribution in [2.24, 2.45) is 0 Å². The molecule has 0 saturated heterocycles. The molecular formula is C21H32O. The van der Waals surface area contributed by atoms with Gasteiger partial charge in [0.15, 0.2) is 0 Å². The number of benzene rings is 1. The molecule has 0 fully saturated rings. The van der Waals surface area contributed by atoms with Gasteiger partial charge in [-0.05, 0) is 56.2 Å². The predicted octanol–water partition coefficient (Wildman–Crippen LogP) is 6.58. The molecule has 1 nitrogen and oxygen atoms in total. The van der Waals surface area contributed by atoms with Gasteiger partial charge in [0.25, 0.3) is 0 Å². The van der Waals surface area contributed by atoms with Crippen molar-refractivity contribution in [1.82, 2.24) is 0 Å². The summed E-state index contributed by atoms with van der Waals surface area (Å²) < 4.78 is 0. The number of rotatable bonds is 12. The van der Waals surface area contributed by atoms with Crippen molar-refractivity contribution in [2.45, 2.75) is 71.1 Å². The zero-order chi connectivity index (χ0) is 15.9. The molecule has 0 atom stereocenters. The molecule has 0 aliphatic rings. The van der Waals surface area contributed by atoms with E-state index in [-0.39, 0.29) is 0 Å². The zero-order valence-electron chi connectivity index (χ0n) is 14.1. The van der Waals surface area contributed by atoms with E-state index in [2.05, 4.69) is 37.3 Å². The molecule has 22 heavy (non-hydrogen) atoms. The first kappa shape index (κ1) is 18.5. The maximum absolute atomic E-state index is 9.39. The van der Waals surface area contributed by atoms with Crippen LogP contribution in [-0.2, 0) is 6.42 Å². The molecule has 0 bridgehead atoms. The summed E-state index contributed by atoms with van der Waals surface area (Å²) in [5.74, 6) is 0.357. The van der Waals surface area contributed by atoms with E-state index < -0.39 is 0 Å². The lowest BCUT2D eigenvalue weighted by molar-refractivity contribution is 0.474. The Morgan fingerprint density at radius 2 is 1.45 bits per heavy atom. The van der Waals surface area contributed by atoms with Crippen molar-refractivity contribution < 1.29 is 5.11 Å². The second-order valence-corrected chi connectivity index (χ2v) is 5.92. The number of aromatic hydroxyl groups is 1. The molecule has 1 heteroatoms. The summed E-state index contributed by atoms with van der Waals surface area (Å²) >= 11 is 0. The number of unbranched alkanes of at least 4 members (excludes halogenated alkanes) is 7. The van der Waals surface area contributed by atoms with Crippen LogP contribution in [0.5, 0.6) is 5.75 Å². The molecule has 0 unspecified atom stereocenters. The fourth-order valence-corrected chi connectivity index (χ4v) is 2.54. The predicted molar refractivity (Wildman–Crippen MR) is 97.3 cm³/mol. The van der Waals surface area contributed by atoms with Gasteiger partial charge in [-0.25, -0.2) is 0 Å². The molecule has 1 aromatic carbocycles. The Labute approximate surface area is 136 Å². The quantitative estimate of drug-likeness (QED) is 0.341. The highest BCUT2D eigenvalue weighted by atomic mass is 16.3. The van der Waals surface area contributed by atoms with Gasteiger partial charge < -0.3 is 5.11 Å². The molecule has 0 radical (unpaired) electrons. The Morgan fingerprint density at radius 1 is 0.818 bits per heavy atom. The van der Waals surface area contributed by atoms with Crippen LogP contribution >= 0.6 is 0 Å². The van der Waals surface area contributed by atoms with Gasteiger partial charge in [0.2, 0.25) is 0 Å². The minimum absolute atomic E-state index is 0.357. The van der Waals surface area contributed by atoms with E-state index in [1.54, 1.807) is 6.07 Å². The van der Waals surface area contributed by atoms with Gasteiger partial charge in [0, 0.05) is 0 Å². The number of phenolic OH excluding ortho intramolecular Hbond substituents is 1. The fourth-order valence-electron chi connectivity index (χ4n) is 2.54. The second-order valence-electron chi connectivity index (χ2n) is 5.92. The lowest BCUT2D eigenvalue weighted by Crippen LogP contribution is -1.81. The first-order valence-corrected chi connectivity index (χ1v) is 8.91. The molecule has 0 saturated carbocycles. The summed E-state index contributed by atoms with van der Waals surface area (Å²) in [5.41, 5.74) is 1.17. The van der Waals surface area contributed by atoms with E-state index in [4.69, 9.17) is 0 Å². The molecule has 0 amide bonds. The van der Waals surface area contributed by atoms with Crippen LogP contribution in [0.4, 0.5) is 0 Å². The third kappa shape index (κ3) is 10.3. The third-order valence-electron chi connectivity index (χ3n) is 3.82. The highest BCUT2D eigenvalue weighted by Crippen LogP contribution is 2.12. The van der Waals surface area contributed by atoms with E-state index in [0.717, 1.165) is 6.42 Å². The van der Waals surface area contributed by atoms with Crippen LogP contribution in [0, 0.1) is 0 Å². The molecule has 1 N–H and O–H groups in total. The molecule has 0 heterocycles.